The predicted molar refractivity (Wildman–Crippen MR) is 88.0 cm³/mol. The highest BCUT2D eigenvalue weighted by molar-refractivity contribution is 5.89. The van der Waals surface area contributed by atoms with E-state index in [9.17, 15) is 4.79 Å². The van der Waals surface area contributed by atoms with Gasteiger partial charge in [0.1, 0.15) is 0 Å². The van der Waals surface area contributed by atoms with Gasteiger partial charge in [-0.15, -0.1) is 0 Å². The SMILES string of the molecule is Cc1ccc(NC(=O)N2CC[C@@H](CN3CCCCC3)C2)cn1. The van der Waals surface area contributed by atoms with Gasteiger partial charge in [0, 0.05) is 25.3 Å². The number of amides is 2. The summed E-state index contributed by atoms with van der Waals surface area (Å²) in [4.78, 5) is 21.0. The molecule has 2 aliphatic rings. The molecule has 1 aromatic rings. The van der Waals surface area contributed by atoms with E-state index in [2.05, 4.69) is 15.2 Å². The maximum atomic E-state index is 12.3. The molecule has 0 aromatic carbocycles. The van der Waals surface area contributed by atoms with Crippen molar-refractivity contribution in [3.63, 3.8) is 0 Å². The van der Waals surface area contributed by atoms with Crippen LogP contribution in [0, 0.1) is 12.8 Å². The summed E-state index contributed by atoms with van der Waals surface area (Å²) in [7, 11) is 0. The number of likely N-dealkylation sites (tertiary alicyclic amines) is 2. The minimum absolute atomic E-state index is 0.00629. The van der Waals surface area contributed by atoms with Crippen LogP contribution in [0.4, 0.5) is 10.5 Å². The van der Waals surface area contributed by atoms with Crippen molar-refractivity contribution in [2.75, 3.05) is 38.0 Å². The second-order valence-electron chi connectivity index (χ2n) is 6.58. The Morgan fingerprint density at radius 3 is 2.82 bits per heavy atom. The Hall–Kier alpha value is -1.62. The Kier molecular flexibility index (Phi) is 4.93. The van der Waals surface area contributed by atoms with Gasteiger partial charge >= 0.3 is 6.03 Å². The second kappa shape index (κ2) is 7.09. The maximum absolute atomic E-state index is 12.3. The fourth-order valence-corrected chi connectivity index (χ4v) is 3.42. The van der Waals surface area contributed by atoms with E-state index in [-0.39, 0.29) is 6.03 Å². The van der Waals surface area contributed by atoms with Gasteiger partial charge in [-0.1, -0.05) is 6.42 Å². The Bertz CT molecular complexity index is 496. The number of rotatable bonds is 3. The molecule has 0 unspecified atom stereocenters. The normalized spacial score (nSPS) is 22.8. The van der Waals surface area contributed by atoms with Gasteiger partial charge in [-0.3, -0.25) is 4.98 Å². The van der Waals surface area contributed by atoms with E-state index in [0.717, 1.165) is 37.4 Å². The van der Waals surface area contributed by atoms with Gasteiger partial charge in [0.25, 0.3) is 0 Å². The molecule has 3 rings (SSSR count). The molecule has 0 saturated carbocycles. The molecular weight excluding hydrogens is 276 g/mol. The molecule has 0 bridgehead atoms. The van der Waals surface area contributed by atoms with Gasteiger partial charge in [-0.2, -0.15) is 0 Å². The number of aromatic nitrogens is 1. The van der Waals surface area contributed by atoms with Gasteiger partial charge in [0.2, 0.25) is 0 Å². The highest BCUT2D eigenvalue weighted by Crippen LogP contribution is 2.20. The molecule has 1 atom stereocenters. The molecule has 3 heterocycles. The van der Waals surface area contributed by atoms with E-state index in [1.54, 1.807) is 6.20 Å². The van der Waals surface area contributed by atoms with Gasteiger partial charge in [-0.25, -0.2) is 4.79 Å². The molecule has 0 spiro atoms. The Labute approximate surface area is 132 Å². The zero-order valence-corrected chi connectivity index (χ0v) is 13.4. The van der Waals surface area contributed by atoms with Gasteiger partial charge in [-0.05, 0) is 57.3 Å². The minimum Gasteiger partial charge on any atom is -0.324 e. The first-order valence-electron chi connectivity index (χ1n) is 8.41. The first-order chi connectivity index (χ1) is 10.7. The topological polar surface area (TPSA) is 48.5 Å². The quantitative estimate of drug-likeness (QED) is 0.934. The number of hydrogen-bond donors (Lipinski definition) is 1. The number of carbonyl (C=O) groups excluding carboxylic acids is 1. The minimum atomic E-state index is 0.00629. The van der Waals surface area contributed by atoms with Crippen molar-refractivity contribution in [1.82, 2.24) is 14.8 Å². The number of urea groups is 1. The largest absolute Gasteiger partial charge is 0.324 e. The fraction of sp³-hybridized carbons (Fsp3) is 0.647. The van der Waals surface area contributed by atoms with Crippen LogP contribution in [0.15, 0.2) is 18.3 Å². The first-order valence-corrected chi connectivity index (χ1v) is 8.41. The smallest absolute Gasteiger partial charge is 0.321 e. The second-order valence-corrected chi connectivity index (χ2v) is 6.58. The Morgan fingerprint density at radius 1 is 1.27 bits per heavy atom. The van der Waals surface area contributed by atoms with Crippen LogP contribution >= 0.6 is 0 Å². The lowest BCUT2D eigenvalue weighted by Crippen LogP contribution is -2.37. The van der Waals surface area contributed by atoms with Gasteiger partial charge in [0.05, 0.1) is 11.9 Å². The van der Waals surface area contributed by atoms with Crippen LogP contribution in [0.5, 0.6) is 0 Å². The number of piperidine rings is 1. The number of nitrogens with zero attached hydrogens (tertiary/aromatic N) is 3. The van der Waals surface area contributed by atoms with Crippen molar-refractivity contribution in [3.8, 4) is 0 Å². The monoisotopic (exact) mass is 302 g/mol. The standard InChI is InChI=1S/C17H26N4O/c1-14-5-6-16(11-18-14)19-17(22)21-10-7-15(13-21)12-20-8-3-2-4-9-20/h5-6,11,15H,2-4,7-10,12-13H2,1H3,(H,19,22)/t15-/m0/s1. The molecule has 5 nitrogen and oxygen atoms in total. The van der Waals surface area contributed by atoms with Crippen LogP contribution in [-0.4, -0.2) is 53.5 Å². The summed E-state index contributed by atoms with van der Waals surface area (Å²) in [5.74, 6) is 0.625. The van der Waals surface area contributed by atoms with Crippen LogP contribution in [0.1, 0.15) is 31.4 Å². The van der Waals surface area contributed by atoms with Crippen LogP contribution < -0.4 is 5.32 Å². The van der Waals surface area contributed by atoms with Crippen molar-refractivity contribution < 1.29 is 4.79 Å². The van der Waals surface area contributed by atoms with Crippen molar-refractivity contribution in [1.29, 1.82) is 0 Å². The summed E-state index contributed by atoms with van der Waals surface area (Å²) < 4.78 is 0. The van der Waals surface area contributed by atoms with E-state index >= 15 is 0 Å². The number of pyridine rings is 1. The van der Waals surface area contributed by atoms with Gasteiger partial charge < -0.3 is 15.1 Å². The van der Waals surface area contributed by atoms with Crippen molar-refractivity contribution >= 4 is 11.7 Å². The average molecular weight is 302 g/mol. The number of hydrogen-bond acceptors (Lipinski definition) is 3. The summed E-state index contributed by atoms with van der Waals surface area (Å²) in [6.45, 7) is 7.30. The highest BCUT2D eigenvalue weighted by atomic mass is 16.2. The number of aryl methyl sites for hydroxylation is 1. The van der Waals surface area contributed by atoms with Crippen molar-refractivity contribution in [3.05, 3.63) is 24.0 Å². The summed E-state index contributed by atoms with van der Waals surface area (Å²) in [5, 5.41) is 2.95. The zero-order chi connectivity index (χ0) is 15.4. The summed E-state index contributed by atoms with van der Waals surface area (Å²) in [5.41, 5.74) is 1.73. The number of anilines is 1. The molecule has 2 amide bonds. The molecular formula is C17H26N4O. The van der Waals surface area contributed by atoms with Crippen LogP contribution in [-0.2, 0) is 0 Å². The summed E-state index contributed by atoms with van der Waals surface area (Å²) in [6, 6.07) is 3.83. The summed E-state index contributed by atoms with van der Waals surface area (Å²) in [6.07, 6.45) is 6.87. The molecule has 2 saturated heterocycles. The van der Waals surface area contributed by atoms with E-state index in [1.165, 1.54) is 32.4 Å². The van der Waals surface area contributed by atoms with Crippen molar-refractivity contribution in [2.45, 2.75) is 32.6 Å². The maximum Gasteiger partial charge on any atom is 0.321 e. The van der Waals surface area contributed by atoms with E-state index < -0.39 is 0 Å². The molecule has 1 aromatic heterocycles. The lowest BCUT2D eigenvalue weighted by Gasteiger charge is -2.29. The first kappa shape index (κ1) is 15.3. The third kappa shape index (κ3) is 3.97. The highest BCUT2D eigenvalue weighted by Gasteiger charge is 2.28. The molecule has 0 radical (unpaired) electrons. The lowest BCUT2D eigenvalue weighted by molar-refractivity contribution is 0.192. The van der Waals surface area contributed by atoms with Crippen molar-refractivity contribution in [2.24, 2.45) is 5.92 Å². The van der Waals surface area contributed by atoms with Crippen LogP contribution in [0.3, 0.4) is 0 Å². The lowest BCUT2D eigenvalue weighted by atomic mass is 10.1. The fourth-order valence-electron chi connectivity index (χ4n) is 3.42. The molecule has 1 N–H and O–H groups in total. The predicted octanol–water partition coefficient (Wildman–Crippen LogP) is 2.73. The van der Waals surface area contributed by atoms with Gasteiger partial charge in [0.15, 0.2) is 0 Å². The molecule has 2 fully saturated rings. The average Bonchev–Trinajstić information content (AvgIpc) is 2.99. The third-order valence-corrected chi connectivity index (χ3v) is 4.70. The van der Waals surface area contributed by atoms with E-state index in [4.69, 9.17) is 0 Å². The van der Waals surface area contributed by atoms with Crippen LogP contribution in [0.2, 0.25) is 0 Å². The Balaban J connectivity index is 1.47. The molecule has 5 heteroatoms. The Morgan fingerprint density at radius 2 is 2.09 bits per heavy atom. The van der Waals surface area contributed by atoms with Crippen LogP contribution in [0.25, 0.3) is 0 Å². The van der Waals surface area contributed by atoms with E-state index in [1.807, 2.05) is 24.0 Å². The number of carbonyl (C=O) groups is 1. The molecule has 2 aliphatic heterocycles. The molecule has 0 aliphatic carbocycles. The third-order valence-electron chi connectivity index (χ3n) is 4.70. The molecule has 22 heavy (non-hydrogen) atoms. The number of nitrogens with one attached hydrogen (secondary N) is 1. The van der Waals surface area contributed by atoms with E-state index in [0.29, 0.717) is 5.92 Å². The molecule has 120 valence electrons. The summed E-state index contributed by atoms with van der Waals surface area (Å²) >= 11 is 0. The zero-order valence-electron chi connectivity index (χ0n) is 13.4.